The van der Waals surface area contributed by atoms with E-state index in [2.05, 4.69) is 22.3 Å². The Morgan fingerprint density at radius 1 is 0.805 bits per heavy atom. The van der Waals surface area contributed by atoms with E-state index in [0.717, 1.165) is 55.4 Å². The standard InChI is InChI=1S/C34H34N2O4S/c1-39-31-21-25-16-18-36(23-28(25)22-32(31)40-2)17-7-19-41-30-14-12-29(13-15-30)35-34(38)27-11-6-10-26(20-27)33(37)24-8-4-3-5-9-24/h3-6,8-15,20-22H,7,16-19,23H2,1-2H3,(H,35,38). The maximum absolute atomic E-state index is 12.9. The van der Waals surface area contributed by atoms with Crippen LogP contribution in [0.15, 0.2) is 95.9 Å². The number of nitrogens with zero attached hydrogens (tertiary/aromatic N) is 1. The molecule has 41 heavy (non-hydrogen) atoms. The Morgan fingerprint density at radius 2 is 1.49 bits per heavy atom. The number of benzene rings is 4. The fraction of sp³-hybridized carbons (Fsp3) is 0.235. The largest absolute Gasteiger partial charge is 0.493 e. The zero-order valence-electron chi connectivity index (χ0n) is 23.4. The first-order valence-electron chi connectivity index (χ1n) is 13.7. The van der Waals surface area contributed by atoms with Crippen LogP contribution >= 0.6 is 11.8 Å². The van der Waals surface area contributed by atoms with E-state index in [-0.39, 0.29) is 11.7 Å². The summed E-state index contributed by atoms with van der Waals surface area (Å²) in [7, 11) is 3.36. The van der Waals surface area contributed by atoms with Gasteiger partial charge in [0.1, 0.15) is 0 Å². The molecule has 7 heteroatoms. The molecule has 1 aliphatic rings. The number of hydrogen-bond acceptors (Lipinski definition) is 6. The molecule has 0 aliphatic carbocycles. The normalized spacial score (nSPS) is 12.8. The van der Waals surface area contributed by atoms with Crippen LogP contribution in [0.25, 0.3) is 0 Å². The third kappa shape index (κ3) is 7.17. The van der Waals surface area contributed by atoms with Crippen molar-refractivity contribution in [1.82, 2.24) is 4.90 Å². The van der Waals surface area contributed by atoms with Gasteiger partial charge in [-0.25, -0.2) is 0 Å². The lowest BCUT2D eigenvalue weighted by Gasteiger charge is -2.29. The van der Waals surface area contributed by atoms with Crippen LogP contribution in [0.5, 0.6) is 11.5 Å². The number of fused-ring (bicyclic) bond motifs is 1. The van der Waals surface area contributed by atoms with E-state index in [1.54, 1.807) is 50.6 Å². The molecule has 0 saturated carbocycles. The van der Waals surface area contributed by atoms with E-state index in [0.29, 0.717) is 16.7 Å². The fourth-order valence-electron chi connectivity index (χ4n) is 5.01. The lowest BCUT2D eigenvalue weighted by molar-refractivity contribution is 0.102. The van der Waals surface area contributed by atoms with Crippen LogP contribution < -0.4 is 14.8 Å². The fourth-order valence-corrected chi connectivity index (χ4v) is 5.84. The van der Waals surface area contributed by atoms with E-state index < -0.39 is 0 Å². The number of amides is 1. The second kappa shape index (κ2) is 13.5. The highest BCUT2D eigenvalue weighted by molar-refractivity contribution is 7.99. The first-order chi connectivity index (χ1) is 20.0. The molecule has 1 aliphatic heterocycles. The van der Waals surface area contributed by atoms with Crippen molar-refractivity contribution in [3.8, 4) is 11.5 Å². The second-order valence-electron chi connectivity index (χ2n) is 9.96. The second-order valence-corrected chi connectivity index (χ2v) is 11.1. The third-order valence-corrected chi connectivity index (χ3v) is 8.32. The summed E-state index contributed by atoms with van der Waals surface area (Å²) in [6.45, 7) is 3.02. The average molecular weight is 567 g/mol. The first kappa shape index (κ1) is 28.5. The molecule has 4 aromatic carbocycles. The van der Waals surface area contributed by atoms with Gasteiger partial charge in [0.05, 0.1) is 14.2 Å². The molecule has 0 unspecified atom stereocenters. The molecule has 0 aromatic heterocycles. The van der Waals surface area contributed by atoms with E-state index in [4.69, 9.17) is 9.47 Å². The topological polar surface area (TPSA) is 67.9 Å². The molecule has 0 spiro atoms. The van der Waals surface area contributed by atoms with Crippen molar-refractivity contribution in [3.63, 3.8) is 0 Å². The highest BCUT2D eigenvalue weighted by Crippen LogP contribution is 2.33. The summed E-state index contributed by atoms with van der Waals surface area (Å²) in [6, 6.07) is 28.0. The molecule has 1 heterocycles. The van der Waals surface area contributed by atoms with E-state index in [9.17, 15) is 9.59 Å². The predicted octanol–water partition coefficient (Wildman–Crippen LogP) is 6.73. The Hall–Kier alpha value is -4.07. The highest BCUT2D eigenvalue weighted by Gasteiger charge is 2.19. The van der Waals surface area contributed by atoms with E-state index in [1.165, 1.54) is 16.0 Å². The lowest BCUT2D eigenvalue weighted by atomic mass is 9.98. The van der Waals surface area contributed by atoms with Crippen molar-refractivity contribution in [2.45, 2.75) is 24.3 Å². The minimum atomic E-state index is -0.243. The van der Waals surface area contributed by atoms with Crippen LogP contribution in [-0.4, -0.2) is 49.7 Å². The molecule has 4 aromatic rings. The Morgan fingerprint density at radius 3 is 2.22 bits per heavy atom. The number of carbonyl (C=O) groups is 2. The number of carbonyl (C=O) groups excluding carboxylic acids is 2. The summed E-state index contributed by atoms with van der Waals surface area (Å²) in [5, 5.41) is 2.94. The molecule has 1 amide bonds. The summed E-state index contributed by atoms with van der Waals surface area (Å²) >= 11 is 1.82. The monoisotopic (exact) mass is 566 g/mol. The molecule has 0 atom stereocenters. The minimum absolute atomic E-state index is 0.104. The van der Waals surface area contributed by atoms with Crippen molar-refractivity contribution in [2.75, 3.05) is 38.4 Å². The Kier molecular flexibility index (Phi) is 9.39. The van der Waals surface area contributed by atoms with Crippen LogP contribution in [0.3, 0.4) is 0 Å². The molecule has 6 nitrogen and oxygen atoms in total. The molecule has 0 fully saturated rings. The number of methoxy groups -OCH3 is 2. The van der Waals surface area contributed by atoms with Crippen LogP contribution in [0.1, 0.15) is 43.8 Å². The van der Waals surface area contributed by atoms with Gasteiger partial charge in [0.15, 0.2) is 17.3 Å². The minimum Gasteiger partial charge on any atom is -0.493 e. The van der Waals surface area contributed by atoms with Crippen LogP contribution in [0.2, 0.25) is 0 Å². The zero-order chi connectivity index (χ0) is 28.6. The van der Waals surface area contributed by atoms with Gasteiger partial charge in [-0.15, -0.1) is 11.8 Å². The summed E-state index contributed by atoms with van der Waals surface area (Å²) in [6.07, 6.45) is 2.10. The maximum Gasteiger partial charge on any atom is 0.255 e. The number of ether oxygens (including phenoxy) is 2. The van der Waals surface area contributed by atoms with Gasteiger partial charge < -0.3 is 14.8 Å². The van der Waals surface area contributed by atoms with Gasteiger partial charge in [0.25, 0.3) is 5.91 Å². The van der Waals surface area contributed by atoms with Gasteiger partial charge in [0, 0.05) is 40.4 Å². The number of hydrogen-bond donors (Lipinski definition) is 1. The SMILES string of the molecule is COc1cc2c(cc1OC)CN(CCCSc1ccc(NC(=O)c3cccc(C(=O)c4ccccc4)c3)cc1)CC2. The molecular weight excluding hydrogens is 532 g/mol. The van der Waals surface area contributed by atoms with Crippen molar-refractivity contribution < 1.29 is 19.1 Å². The number of ketones is 1. The number of nitrogens with one attached hydrogen (secondary N) is 1. The van der Waals surface area contributed by atoms with Crippen LogP contribution in [0.4, 0.5) is 5.69 Å². The maximum atomic E-state index is 12.9. The lowest BCUT2D eigenvalue weighted by Crippen LogP contribution is -2.31. The number of anilines is 1. The van der Waals surface area contributed by atoms with Gasteiger partial charge in [0.2, 0.25) is 0 Å². The summed E-state index contributed by atoms with van der Waals surface area (Å²) in [5.74, 6) is 2.25. The number of rotatable bonds is 11. The Bertz CT molecular complexity index is 1510. The molecule has 5 rings (SSSR count). The molecule has 0 bridgehead atoms. The molecule has 0 saturated heterocycles. The summed E-state index contributed by atoms with van der Waals surface area (Å²) < 4.78 is 10.9. The van der Waals surface area contributed by atoms with Crippen LogP contribution in [0, 0.1) is 0 Å². The molecular formula is C34H34N2O4S. The summed E-state index contributed by atoms with van der Waals surface area (Å²) in [4.78, 5) is 29.3. The Balaban J connectivity index is 1.08. The molecule has 210 valence electrons. The smallest absolute Gasteiger partial charge is 0.255 e. The van der Waals surface area contributed by atoms with Crippen molar-refractivity contribution >= 4 is 29.1 Å². The van der Waals surface area contributed by atoms with Gasteiger partial charge in [-0.1, -0.05) is 42.5 Å². The summed E-state index contributed by atoms with van der Waals surface area (Å²) in [5.41, 5.74) is 4.91. The van der Waals surface area contributed by atoms with E-state index in [1.807, 2.05) is 54.2 Å². The average Bonchev–Trinajstić information content (AvgIpc) is 3.03. The highest BCUT2D eigenvalue weighted by atomic mass is 32.2. The van der Waals surface area contributed by atoms with Gasteiger partial charge >= 0.3 is 0 Å². The molecule has 1 N–H and O–H groups in total. The number of thioether (sulfide) groups is 1. The van der Waals surface area contributed by atoms with Crippen molar-refractivity contribution in [3.05, 3.63) is 119 Å². The van der Waals surface area contributed by atoms with Gasteiger partial charge in [-0.2, -0.15) is 0 Å². The van der Waals surface area contributed by atoms with Gasteiger partial charge in [-0.3, -0.25) is 14.5 Å². The first-order valence-corrected chi connectivity index (χ1v) is 14.7. The zero-order valence-corrected chi connectivity index (χ0v) is 24.2. The van der Waals surface area contributed by atoms with E-state index >= 15 is 0 Å². The van der Waals surface area contributed by atoms with Gasteiger partial charge in [-0.05, 0) is 84.8 Å². The molecule has 0 radical (unpaired) electrons. The predicted molar refractivity (Wildman–Crippen MR) is 165 cm³/mol. The van der Waals surface area contributed by atoms with Crippen molar-refractivity contribution in [2.24, 2.45) is 0 Å². The van der Waals surface area contributed by atoms with Crippen LogP contribution in [-0.2, 0) is 13.0 Å². The third-order valence-electron chi connectivity index (χ3n) is 7.22. The Labute approximate surface area is 245 Å². The quantitative estimate of drug-likeness (QED) is 0.123. The van der Waals surface area contributed by atoms with Crippen molar-refractivity contribution in [1.29, 1.82) is 0 Å².